The zero-order valence-electron chi connectivity index (χ0n) is 20.2. The molecule has 4 rings (SSSR count). The number of aromatic nitrogens is 3. The Labute approximate surface area is 215 Å². The number of carboxylic acids is 1. The highest BCUT2D eigenvalue weighted by Crippen LogP contribution is 2.34. The van der Waals surface area contributed by atoms with Gasteiger partial charge in [-0.1, -0.05) is 18.2 Å². The number of fused-ring (bicyclic) bond motifs is 1. The number of aryl methyl sites for hydroxylation is 3. The Hall–Kier alpha value is -4.13. The van der Waals surface area contributed by atoms with Gasteiger partial charge in [0, 0.05) is 31.1 Å². The lowest BCUT2D eigenvalue weighted by Crippen LogP contribution is -2.19. The van der Waals surface area contributed by atoms with Gasteiger partial charge < -0.3 is 26.0 Å². The molecule has 1 aromatic carbocycles. The predicted molar refractivity (Wildman–Crippen MR) is 129 cm³/mol. The van der Waals surface area contributed by atoms with Gasteiger partial charge in [-0.25, -0.2) is 4.98 Å². The third-order valence-corrected chi connectivity index (χ3v) is 6.22. The Morgan fingerprint density at radius 1 is 1.24 bits per heavy atom. The maximum Gasteiger partial charge on any atom is 0.573 e. The number of aliphatic hydroxyl groups excluding tert-OH is 1. The number of pyridine rings is 1. The number of anilines is 1. The summed E-state index contributed by atoms with van der Waals surface area (Å²) < 4.78 is 43.6. The van der Waals surface area contributed by atoms with Crippen molar-refractivity contribution in [1.29, 1.82) is 0 Å². The molecule has 0 saturated carbocycles. The minimum atomic E-state index is -4.95. The minimum absolute atomic E-state index is 0.0619. The van der Waals surface area contributed by atoms with Gasteiger partial charge in [0.05, 0.1) is 30.0 Å². The van der Waals surface area contributed by atoms with Crippen molar-refractivity contribution in [3.05, 3.63) is 70.2 Å². The molecule has 1 unspecified atom stereocenters. The third-order valence-electron chi connectivity index (χ3n) is 6.22. The van der Waals surface area contributed by atoms with Gasteiger partial charge in [-0.3, -0.25) is 14.3 Å². The second-order valence-corrected chi connectivity index (χ2v) is 8.81. The summed E-state index contributed by atoms with van der Waals surface area (Å²) in [6, 6.07) is 8.65. The molecule has 1 aliphatic heterocycles. The van der Waals surface area contributed by atoms with E-state index in [0.717, 1.165) is 48.6 Å². The number of hydrogen-bond acceptors (Lipinski definition) is 7. The van der Waals surface area contributed by atoms with Gasteiger partial charge in [0.1, 0.15) is 11.6 Å². The van der Waals surface area contributed by atoms with E-state index in [4.69, 9.17) is 5.73 Å². The fourth-order valence-corrected chi connectivity index (χ4v) is 4.58. The van der Waals surface area contributed by atoms with Crippen LogP contribution in [-0.2, 0) is 30.8 Å². The van der Waals surface area contributed by atoms with Gasteiger partial charge in [0.25, 0.3) is 5.91 Å². The number of carbonyl (C=O) groups excluding carboxylic acids is 1. The van der Waals surface area contributed by atoms with Crippen LogP contribution in [0.4, 0.5) is 19.0 Å². The highest BCUT2D eigenvalue weighted by atomic mass is 19.4. The monoisotopic (exact) mass is 533 g/mol. The first-order valence-electron chi connectivity index (χ1n) is 11.9. The number of halogens is 3. The van der Waals surface area contributed by atoms with E-state index in [1.165, 1.54) is 16.8 Å². The number of carboxylic acid groups (broad SMARTS) is 1. The SMILES string of the molecule is NC(=O)c1c(C(CC(=O)O)c2cccc(OC(F)(F)F)c2)nn(CCc2ccc3c(n2)NCCC3)c1CO. The lowest BCUT2D eigenvalue weighted by Gasteiger charge is -2.17. The van der Waals surface area contributed by atoms with E-state index in [2.05, 4.69) is 20.1 Å². The number of nitrogens with two attached hydrogens (primary N) is 1. The van der Waals surface area contributed by atoms with Crippen molar-refractivity contribution in [3.63, 3.8) is 0 Å². The highest BCUT2D eigenvalue weighted by molar-refractivity contribution is 5.95. The van der Waals surface area contributed by atoms with E-state index in [1.54, 1.807) is 0 Å². The van der Waals surface area contributed by atoms with Crippen molar-refractivity contribution in [2.75, 3.05) is 11.9 Å². The number of hydrogen-bond donors (Lipinski definition) is 4. The number of rotatable bonds is 10. The predicted octanol–water partition coefficient (Wildman–Crippen LogP) is 2.98. The first-order valence-corrected chi connectivity index (χ1v) is 11.9. The molecule has 202 valence electrons. The molecular weight excluding hydrogens is 507 g/mol. The van der Waals surface area contributed by atoms with Crippen molar-refractivity contribution in [2.24, 2.45) is 5.73 Å². The lowest BCUT2D eigenvalue weighted by atomic mass is 9.89. The fraction of sp³-hybridized carbons (Fsp3) is 0.360. The van der Waals surface area contributed by atoms with Gasteiger partial charge in [-0.05, 0) is 42.2 Å². The third kappa shape index (κ3) is 6.22. The molecule has 1 aliphatic rings. The first-order chi connectivity index (χ1) is 18.1. The smallest absolute Gasteiger partial charge is 0.481 e. The molecule has 38 heavy (non-hydrogen) atoms. The van der Waals surface area contributed by atoms with Crippen molar-refractivity contribution in [1.82, 2.24) is 14.8 Å². The Morgan fingerprint density at radius 3 is 2.71 bits per heavy atom. The average molecular weight is 534 g/mol. The van der Waals surface area contributed by atoms with E-state index in [0.29, 0.717) is 6.42 Å². The second-order valence-electron chi connectivity index (χ2n) is 8.81. The molecule has 2 aromatic heterocycles. The number of aliphatic hydroxyl groups is 1. The molecule has 0 aliphatic carbocycles. The Kier molecular flexibility index (Phi) is 7.86. The lowest BCUT2D eigenvalue weighted by molar-refractivity contribution is -0.274. The summed E-state index contributed by atoms with van der Waals surface area (Å²) in [5, 5.41) is 27.3. The van der Waals surface area contributed by atoms with Gasteiger partial charge >= 0.3 is 12.3 Å². The molecule has 13 heteroatoms. The highest BCUT2D eigenvalue weighted by Gasteiger charge is 2.33. The summed E-state index contributed by atoms with van der Waals surface area (Å²) in [7, 11) is 0. The van der Waals surface area contributed by atoms with Crippen LogP contribution < -0.4 is 15.8 Å². The average Bonchev–Trinajstić information content (AvgIpc) is 3.23. The molecule has 3 heterocycles. The number of nitrogens with zero attached hydrogens (tertiary/aromatic N) is 3. The van der Waals surface area contributed by atoms with Crippen molar-refractivity contribution in [2.45, 2.75) is 51.1 Å². The zero-order valence-corrected chi connectivity index (χ0v) is 20.2. The number of carbonyl (C=O) groups is 2. The van der Waals surface area contributed by atoms with Crippen molar-refractivity contribution < 1.29 is 37.7 Å². The zero-order chi connectivity index (χ0) is 27.4. The molecule has 0 bridgehead atoms. The standard InChI is InChI=1S/C25H26F3N5O5/c26-25(27,28)38-17-5-1-3-15(11-17)18(12-20(35)36)22-21(23(29)37)19(13-34)33(32-22)10-8-16-7-6-14-4-2-9-30-24(14)31-16/h1,3,5-7,11,18,34H,2,4,8-10,12-13H2,(H2,29,37)(H,30,31)(H,35,36). The van der Waals surface area contributed by atoms with Gasteiger partial charge in [-0.15, -0.1) is 13.2 Å². The molecule has 10 nitrogen and oxygen atoms in total. The number of primary amides is 1. The van der Waals surface area contributed by atoms with E-state index in [1.807, 2.05) is 12.1 Å². The summed E-state index contributed by atoms with van der Waals surface area (Å²) in [5.74, 6) is -3.13. The van der Waals surface area contributed by atoms with Gasteiger partial charge in [-0.2, -0.15) is 5.10 Å². The van der Waals surface area contributed by atoms with Crippen LogP contribution in [0.5, 0.6) is 5.75 Å². The van der Waals surface area contributed by atoms with E-state index in [-0.39, 0.29) is 29.1 Å². The van der Waals surface area contributed by atoms with Crippen LogP contribution in [0, 0.1) is 0 Å². The van der Waals surface area contributed by atoms with E-state index >= 15 is 0 Å². The van der Waals surface area contributed by atoms with Gasteiger partial charge in [0.15, 0.2) is 0 Å². The van der Waals surface area contributed by atoms with Crippen LogP contribution in [0.15, 0.2) is 36.4 Å². The summed E-state index contributed by atoms with van der Waals surface area (Å²) in [6.07, 6.45) is -3.24. The van der Waals surface area contributed by atoms with Crippen LogP contribution in [0.3, 0.4) is 0 Å². The van der Waals surface area contributed by atoms with Crippen LogP contribution in [0.25, 0.3) is 0 Å². The number of amides is 1. The topological polar surface area (TPSA) is 153 Å². The van der Waals surface area contributed by atoms with E-state index < -0.39 is 42.9 Å². The molecule has 0 fully saturated rings. The second kappa shape index (κ2) is 11.1. The molecule has 3 aromatic rings. The number of aliphatic carboxylic acids is 1. The van der Waals surface area contributed by atoms with Crippen molar-refractivity contribution in [3.8, 4) is 5.75 Å². The van der Waals surface area contributed by atoms with Gasteiger partial charge in [0.2, 0.25) is 0 Å². The Bertz CT molecular complexity index is 1340. The van der Waals surface area contributed by atoms with Crippen LogP contribution in [0.2, 0.25) is 0 Å². The molecule has 1 amide bonds. The number of benzene rings is 1. The van der Waals surface area contributed by atoms with E-state index in [9.17, 15) is 33.0 Å². The maximum absolute atomic E-state index is 12.8. The minimum Gasteiger partial charge on any atom is -0.481 e. The number of alkyl halides is 3. The number of ether oxygens (including phenoxy) is 1. The molecule has 0 saturated heterocycles. The van der Waals surface area contributed by atoms with Crippen LogP contribution in [-0.4, -0.2) is 49.8 Å². The quantitative estimate of drug-likeness (QED) is 0.310. The summed E-state index contributed by atoms with van der Waals surface area (Å²) in [5.41, 5.74) is 7.40. The first kappa shape index (κ1) is 26.9. The fourth-order valence-electron chi connectivity index (χ4n) is 4.58. The number of nitrogens with one attached hydrogen (secondary N) is 1. The summed E-state index contributed by atoms with van der Waals surface area (Å²) >= 11 is 0. The Balaban J connectivity index is 1.70. The molecule has 1 atom stereocenters. The molecule has 0 radical (unpaired) electrons. The normalized spacial score (nSPS) is 13.9. The van der Waals surface area contributed by atoms with Crippen LogP contribution >= 0.6 is 0 Å². The molecular formula is C25H26F3N5O5. The molecule has 0 spiro atoms. The summed E-state index contributed by atoms with van der Waals surface area (Å²) in [6.45, 7) is 0.378. The maximum atomic E-state index is 12.8. The van der Waals surface area contributed by atoms with Crippen molar-refractivity contribution >= 4 is 17.7 Å². The molecule has 5 N–H and O–H groups in total. The Morgan fingerprint density at radius 2 is 2.03 bits per heavy atom. The van der Waals surface area contributed by atoms with Crippen LogP contribution in [0.1, 0.15) is 57.3 Å². The largest absolute Gasteiger partial charge is 0.573 e. The summed E-state index contributed by atoms with van der Waals surface area (Å²) in [4.78, 5) is 28.8.